The summed E-state index contributed by atoms with van der Waals surface area (Å²) >= 11 is 0. The molecular weight excluding hydrogens is 585 g/mol. The Balaban J connectivity index is 1.35. The van der Waals surface area contributed by atoms with Crippen LogP contribution in [0.15, 0.2) is 179 Å². The minimum absolute atomic E-state index is 0.826. The normalized spacial score (nSPS) is 11.8. The van der Waals surface area contributed by atoms with Crippen molar-refractivity contribution >= 4 is 54.5 Å². The van der Waals surface area contributed by atoms with Gasteiger partial charge in [0.15, 0.2) is 0 Å². The summed E-state index contributed by atoms with van der Waals surface area (Å²) in [6.45, 7) is 0. The van der Waals surface area contributed by atoms with Gasteiger partial charge >= 0.3 is 0 Å². The molecule has 2 nitrogen and oxygen atoms in total. The first-order chi connectivity index (χ1) is 23.8. The van der Waals surface area contributed by atoms with Gasteiger partial charge in [-0.05, 0) is 68.1 Å². The molecule has 0 saturated heterocycles. The molecule has 0 fully saturated rings. The zero-order valence-corrected chi connectivity index (χ0v) is 26.0. The summed E-state index contributed by atoms with van der Waals surface area (Å²) in [5.74, 6) is 0.859. The van der Waals surface area contributed by atoms with E-state index in [0.717, 1.165) is 49.8 Å². The fourth-order valence-corrected chi connectivity index (χ4v) is 7.60. The lowest BCUT2D eigenvalue weighted by atomic mass is 9.84. The first-order valence-corrected chi connectivity index (χ1v) is 16.4. The second kappa shape index (κ2) is 10.6. The zero-order chi connectivity index (χ0) is 31.6. The van der Waals surface area contributed by atoms with Gasteiger partial charge in [-0.25, -0.2) is 0 Å². The fourth-order valence-electron chi connectivity index (χ4n) is 7.60. The summed E-state index contributed by atoms with van der Waals surface area (Å²) in [4.78, 5) is 0. The van der Waals surface area contributed by atoms with E-state index in [1.165, 1.54) is 49.4 Å². The number of rotatable bonds is 4. The highest BCUT2D eigenvalue weighted by Crippen LogP contribution is 2.51. The fraction of sp³-hybridized carbons (Fsp3) is 0. The molecule has 2 heterocycles. The van der Waals surface area contributed by atoms with Crippen molar-refractivity contribution < 1.29 is 8.83 Å². The van der Waals surface area contributed by atoms with Gasteiger partial charge in [-0.2, -0.15) is 0 Å². The van der Waals surface area contributed by atoms with E-state index in [4.69, 9.17) is 8.83 Å². The van der Waals surface area contributed by atoms with Crippen LogP contribution < -0.4 is 0 Å². The zero-order valence-electron chi connectivity index (χ0n) is 26.0. The summed E-state index contributed by atoms with van der Waals surface area (Å²) in [7, 11) is 0. The molecule has 0 aliphatic rings. The van der Waals surface area contributed by atoms with Crippen LogP contribution in [0.5, 0.6) is 0 Å². The molecule has 0 saturated carbocycles. The maximum Gasteiger partial charge on any atom is 0.147 e. The summed E-state index contributed by atoms with van der Waals surface area (Å²) in [6.07, 6.45) is 0. The molecular formula is C46H28O2. The van der Waals surface area contributed by atoms with Crippen molar-refractivity contribution in [1.29, 1.82) is 0 Å². The summed E-state index contributed by atoms with van der Waals surface area (Å²) in [5, 5.41) is 7.93. The Labute approximate surface area is 277 Å². The van der Waals surface area contributed by atoms with E-state index in [-0.39, 0.29) is 0 Å². The molecule has 10 aromatic rings. The molecule has 0 spiro atoms. The highest BCUT2D eigenvalue weighted by Gasteiger charge is 2.26. The molecule has 48 heavy (non-hydrogen) atoms. The van der Waals surface area contributed by atoms with Gasteiger partial charge in [0.1, 0.15) is 22.5 Å². The molecule has 2 aromatic heterocycles. The molecule has 0 aliphatic heterocycles. The van der Waals surface area contributed by atoms with E-state index in [2.05, 4.69) is 158 Å². The van der Waals surface area contributed by atoms with Crippen LogP contribution in [-0.2, 0) is 0 Å². The van der Waals surface area contributed by atoms with Gasteiger partial charge in [0.05, 0.1) is 5.39 Å². The van der Waals surface area contributed by atoms with E-state index >= 15 is 0 Å². The molecule has 0 amide bonds. The van der Waals surface area contributed by atoms with Crippen LogP contribution in [-0.4, -0.2) is 0 Å². The number of furan rings is 2. The van der Waals surface area contributed by atoms with Gasteiger partial charge in [0.25, 0.3) is 0 Å². The Kier molecular flexibility index (Phi) is 5.91. The third-order valence-corrected chi connectivity index (χ3v) is 9.67. The van der Waals surface area contributed by atoms with Gasteiger partial charge in [-0.15, -0.1) is 0 Å². The minimum atomic E-state index is 0.826. The van der Waals surface area contributed by atoms with E-state index < -0.39 is 0 Å². The van der Waals surface area contributed by atoms with Crippen LogP contribution >= 0.6 is 0 Å². The maximum absolute atomic E-state index is 7.04. The molecule has 0 unspecified atom stereocenters. The first-order valence-electron chi connectivity index (χ1n) is 16.4. The van der Waals surface area contributed by atoms with Crippen molar-refractivity contribution in [2.45, 2.75) is 0 Å². The van der Waals surface area contributed by atoms with Crippen molar-refractivity contribution in [3.05, 3.63) is 170 Å². The molecule has 0 atom stereocenters. The van der Waals surface area contributed by atoms with Crippen molar-refractivity contribution in [1.82, 2.24) is 0 Å². The molecule has 0 radical (unpaired) electrons. The van der Waals surface area contributed by atoms with Crippen LogP contribution in [0.2, 0.25) is 0 Å². The Morgan fingerprint density at radius 2 is 0.833 bits per heavy atom. The van der Waals surface area contributed by atoms with Crippen LogP contribution in [0.3, 0.4) is 0 Å². The third-order valence-electron chi connectivity index (χ3n) is 9.67. The Hall–Kier alpha value is -6.38. The number of hydrogen-bond acceptors (Lipinski definition) is 2. The topological polar surface area (TPSA) is 26.3 Å². The van der Waals surface area contributed by atoms with E-state index in [0.29, 0.717) is 0 Å². The largest absolute Gasteiger partial charge is 0.456 e. The lowest BCUT2D eigenvalue weighted by Gasteiger charge is -2.18. The van der Waals surface area contributed by atoms with E-state index in [9.17, 15) is 0 Å². The second-order valence-corrected chi connectivity index (χ2v) is 12.4. The van der Waals surface area contributed by atoms with Crippen molar-refractivity contribution in [2.24, 2.45) is 0 Å². The van der Waals surface area contributed by atoms with Crippen molar-refractivity contribution in [2.75, 3.05) is 0 Å². The SMILES string of the molecule is c1ccc(-c2cccc(-c3c4ccccc4c(-c4c(-c5ccccc5)oc5c4ccc4oc6ccccc6c45)c4ccccc34)c2)cc1. The molecule has 0 bridgehead atoms. The minimum Gasteiger partial charge on any atom is -0.456 e. The van der Waals surface area contributed by atoms with Crippen molar-refractivity contribution in [3.63, 3.8) is 0 Å². The highest BCUT2D eigenvalue weighted by molar-refractivity contribution is 6.27. The summed E-state index contributed by atoms with van der Waals surface area (Å²) in [6, 6.07) is 60.2. The smallest absolute Gasteiger partial charge is 0.147 e. The molecule has 2 heteroatoms. The lowest BCUT2D eigenvalue weighted by Crippen LogP contribution is -1.92. The van der Waals surface area contributed by atoms with Gasteiger partial charge in [0, 0.05) is 27.5 Å². The van der Waals surface area contributed by atoms with Crippen LogP contribution in [0.25, 0.3) is 99.2 Å². The quantitative estimate of drug-likeness (QED) is 0.185. The van der Waals surface area contributed by atoms with E-state index in [1.54, 1.807) is 0 Å². The van der Waals surface area contributed by atoms with E-state index in [1.807, 2.05) is 12.1 Å². The molecule has 0 aliphatic carbocycles. The van der Waals surface area contributed by atoms with Crippen LogP contribution in [0, 0.1) is 0 Å². The predicted molar refractivity (Wildman–Crippen MR) is 200 cm³/mol. The first kappa shape index (κ1) is 26.8. The number of hydrogen-bond donors (Lipinski definition) is 0. The summed E-state index contributed by atoms with van der Waals surface area (Å²) < 4.78 is 13.3. The Morgan fingerprint density at radius 3 is 1.52 bits per heavy atom. The number of para-hydroxylation sites is 1. The monoisotopic (exact) mass is 612 g/mol. The number of fused-ring (bicyclic) bond motifs is 7. The molecule has 0 N–H and O–H groups in total. The second-order valence-electron chi connectivity index (χ2n) is 12.4. The predicted octanol–water partition coefficient (Wildman–Crippen LogP) is 13.3. The van der Waals surface area contributed by atoms with Gasteiger partial charge < -0.3 is 8.83 Å². The molecule has 10 rings (SSSR count). The standard InChI is InChI=1S/C46H28O2/c1-3-14-29(15-4-1)31-18-13-19-32(28-31)41-33-20-7-9-22-35(33)42(36-23-10-8-21-34(36)41)44-38-26-27-40-43(37-24-11-12-25-39(37)47-40)46(38)48-45(44)30-16-5-2-6-17-30/h1-28H. The average Bonchev–Trinajstić information content (AvgIpc) is 3.73. The maximum atomic E-state index is 7.04. The average molecular weight is 613 g/mol. The number of benzene rings is 8. The van der Waals surface area contributed by atoms with Gasteiger partial charge in [0.2, 0.25) is 0 Å². The third kappa shape index (κ3) is 4.00. The Bertz CT molecular complexity index is 2760. The molecule has 8 aromatic carbocycles. The summed E-state index contributed by atoms with van der Waals surface area (Å²) in [5.41, 5.74) is 10.7. The van der Waals surface area contributed by atoms with Crippen LogP contribution in [0.1, 0.15) is 0 Å². The highest BCUT2D eigenvalue weighted by atomic mass is 16.3. The van der Waals surface area contributed by atoms with Gasteiger partial charge in [-0.1, -0.05) is 146 Å². The van der Waals surface area contributed by atoms with Crippen LogP contribution in [0.4, 0.5) is 0 Å². The molecule has 224 valence electrons. The van der Waals surface area contributed by atoms with Crippen molar-refractivity contribution in [3.8, 4) is 44.7 Å². The van der Waals surface area contributed by atoms with Gasteiger partial charge in [-0.3, -0.25) is 0 Å². The lowest BCUT2D eigenvalue weighted by molar-refractivity contribution is 0.634. The Morgan fingerprint density at radius 1 is 0.292 bits per heavy atom.